The van der Waals surface area contributed by atoms with E-state index < -0.39 is 19.0 Å². The molecule has 0 aliphatic carbocycles. The third kappa shape index (κ3) is 2.21. The molecule has 4 nitrogen and oxygen atoms in total. The van der Waals surface area contributed by atoms with Gasteiger partial charge >= 0.3 is 13.3 Å². The lowest BCUT2D eigenvalue weighted by Gasteiger charge is -2.12. The Hall–Kier alpha value is -1.54. The number of hydrogen-bond acceptors (Lipinski definition) is 3. The second-order valence-corrected chi connectivity index (χ2v) is 3.84. The zero-order chi connectivity index (χ0) is 13.5. The van der Waals surface area contributed by atoms with Crippen LogP contribution in [-0.2, 0) is 12.7 Å². The Bertz CT molecular complexity index is 539. The maximum atomic E-state index is 12.6. The monoisotopic (exact) mass is 258 g/mol. The molecule has 0 bridgehead atoms. The fourth-order valence-electron chi connectivity index (χ4n) is 1.75. The van der Waals surface area contributed by atoms with Crippen LogP contribution in [0.15, 0.2) is 18.3 Å². The van der Waals surface area contributed by atoms with Crippen molar-refractivity contribution in [3.8, 4) is 11.4 Å². The van der Waals surface area contributed by atoms with Gasteiger partial charge in [0.05, 0.1) is 11.4 Å². The van der Waals surface area contributed by atoms with Crippen LogP contribution in [0.5, 0.6) is 0 Å². The minimum absolute atomic E-state index is 0.0924. The van der Waals surface area contributed by atoms with E-state index in [1.807, 2.05) is 0 Å². The van der Waals surface area contributed by atoms with Gasteiger partial charge in [0.1, 0.15) is 5.69 Å². The number of hydrogen-bond donors (Lipinski definition) is 2. The average Bonchev–Trinajstić information content (AvgIpc) is 2.70. The van der Waals surface area contributed by atoms with E-state index in [9.17, 15) is 13.2 Å². The molecule has 0 amide bonds. The molecular formula is C10H10BF3N2O2. The summed E-state index contributed by atoms with van der Waals surface area (Å²) in [5.41, 5.74) is -0.468. The van der Waals surface area contributed by atoms with Crippen LogP contribution in [-0.4, -0.2) is 26.7 Å². The first-order chi connectivity index (χ1) is 8.32. The van der Waals surface area contributed by atoms with E-state index in [2.05, 4.69) is 4.98 Å². The quantitative estimate of drug-likeness (QED) is 0.780. The van der Waals surface area contributed by atoms with Gasteiger partial charge in [0, 0.05) is 18.2 Å². The first-order valence-electron chi connectivity index (χ1n) is 5.27. The van der Waals surface area contributed by atoms with Crippen LogP contribution in [0, 0.1) is 0 Å². The molecule has 0 fully saturated rings. The van der Waals surface area contributed by atoms with Crippen molar-refractivity contribution in [1.82, 2.24) is 9.55 Å². The number of pyridine rings is 1. The number of rotatable bonds is 2. The molecule has 0 saturated heterocycles. The molecule has 2 rings (SSSR count). The van der Waals surface area contributed by atoms with Gasteiger partial charge in [0.25, 0.3) is 0 Å². The number of fused-ring (bicyclic) bond motifs is 1. The maximum absolute atomic E-state index is 12.6. The highest BCUT2D eigenvalue weighted by molar-refractivity contribution is 6.58. The van der Waals surface area contributed by atoms with Crippen molar-refractivity contribution < 1.29 is 23.2 Å². The minimum Gasteiger partial charge on any atom is -0.423 e. The Balaban J connectivity index is 2.64. The molecule has 0 unspecified atom stereocenters. The average molecular weight is 258 g/mol. The molecule has 18 heavy (non-hydrogen) atoms. The maximum Gasteiger partial charge on any atom is 0.490 e. The van der Waals surface area contributed by atoms with Crippen molar-refractivity contribution in [2.24, 2.45) is 0 Å². The number of alkyl halides is 3. The van der Waals surface area contributed by atoms with Gasteiger partial charge in [-0.15, -0.1) is 0 Å². The number of aryl methyl sites for hydroxylation is 1. The summed E-state index contributed by atoms with van der Waals surface area (Å²) >= 11 is 0. The molecule has 2 N–H and O–H groups in total. The van der Waals surface area contributed by atoms with Crippen molar-refractivity contribution in [2.75, 3.05) is 0 Å². The zero-order valence-electron chi connectivity index (χ0n) is 9.44. The minimum atomic E-state index is -4.51. The van der Waals surface area contributed by atoms with Crippen molar-refractivity contribution in [3.63, 3.8) is 0 Å². The van der Waals surface area contributed by atoms with Gasteiger partial charge in [-0.3, -0.25) is 0 Å². The second kappa shape index (κ2) is 4.29. The highest BCUT2D eigenvalue weighted by atomic mass is 19.4. The molecule has 2 aliphatic rings. The Labute approximate surface area is 101 Å². The summed E-state index contributed by atoms with van der Waals surface area (Å²) in [7, 11) is -1.74. The first kappa shape index (κ1) is 12.9. The SMILES string of the molecule is CCn1cc(B(O)O)cc2nc(C(F)(F)F)cc1-2. The van der Waals surface area contributed by atoms with Crippen molar-refractivity contribution in [3.05, 3.63) is 24.0 Å². The Kier molecular flexibility index (Phi) is 3.08. The van der Waals surface area contributed by atoms with Crippen molar-refractivity contribution >= 4 is 12.6 Å². The summed E-state index contributed by atoms with van der Waals surface area (Å²) in [6, 6.07) is 2.19. The van der Waals surface area contributed by atoms with E-state index in [1.165, 1.54) is 16.8 Å². The smallest absolute Gasteiger partial charge is 0.423 e. The van der Waals surface area contributed by atoms with E-state index >= 15 is 0 Å². The molecule has 0 spiro atoms. The molecule has 0 atom stereocenters. The Morgan fingerprint density at radius 1 is 1.33 bits per heavy atom. The van der Waals surface area contributed by atoms with Crippen LogP contribution in [0.3, 0.4) is 0 Å². The summed E-state index contributed by atoms with van der Waals surface area (Å²) in [5.74, 6) is 0. The van der Waals surface area contributed by atoms with Crippen LogP contribution >= 0.6 is 0 Å². The molecule has 0 aromatic rings. The van der Waals surface area contributed by atoms with Crippen LogP contribution in [0.25, 0.3) is 11.4 Å². The molecular weight excluding hydrogens is 248 g/mol. The van der Waals surface area contributed by atoms with E-state index in [0.29, 0.717) is 12.2 Å². The van der Waals surface area contributed by atoms with E-state index in [-0.39, 0.29) is 11.2 Å². The number of aromatic nitrogens is 2. The molecule has 0 radical (unpaired) electrons. The third-order valence-corrected chi connectivity index (χ3v) is 2.62. The molecule has 0 aromatic carbocycles. The molecule has 0 saturated carbocycles. The lowest BCUT2D eigenvalue weighted by Crippen LogP contribution is -2.32. The predicted molar refractivity (Wildman–Crippen MR) is 59.4 cm³/mol. The molecule has 96 valence electrons. The van der Waals surface area contributed by atoms with Gasteiger partial charge < -0.3 is 14.6 Å². The molecule has 0 aromatic heterocycles. The normalized spacial score (nSPS) is 12.1. The molecule has 8 heteroatoms. The van der Waals surface area contributed by atoms with Crippen LogP contribution < -0.4 is 5.46 Å². The fourth-order valence-corrected chi connectivity index (χ4v) is 1.75. The largest absolute Gasteiger partial charge is 0.490 e. The second-order valence-electron chi connectivity index (χ2n) is 3.84. The van der Waals surface area contributed by atoms with Crippen LogP contribution in [0.2, 0.25) is 0 Å². The molecule has 2 aliphatic heterocycles. The lowest BCUT2D eigenvalue weighted by atomic mass is 9.81. The first-order valence-corrected chi connectivity index (χ1v) is 5.27. The van der Waals surface area contributed by atoms with Gasteiger partial charge in [0.15, 0.2) is 0 Å². The molecule has 2 heterocycles. The van der Waals surface area contributed by atoms with Crippen LogP contribution in [0.4, 0.5) is 13.2 Å². The summed E-state index contributed by atoms with van der Waals surface area (Å²) in [5, 5.41) is 18.1. The van der Waals surface area contributed by atoms with Gasteiger partial charge in [-0.2, -0.15) is 13.2 Å². The van der Waals surface area contributed by atoms with Gasteiger partial charge in [-0.25, -0.2) is 4.98 Å². The van der Waals surface area contributed by atoms with Crippen molar-refractivity contribution in [2.45, 2.75) is 19.6 Å². The summed E-state index contributed by atoms with van der Waals surface area (Å²) in [4.78, 5) is 3.47. The van der Waals surface area contributed by atoms with E-state index in [1.54, 1.807) is 6.92 Å². The highest BCUT2D eigenvalue weighted by Crippen LogP contribution is 2.33. The number of nitrogens with zero attached hydrogens (tertiary/aromatic N) is 2. The summed E-state index contributed by atoms with van der Waals surface area (Å²) in [6.45, 7) is 2.15. The Morgan fingerprint density at radius 3 is 2.50 bits per heavy atom. The zero-order valence-corrected chi connectivity index (χ0v) is 9.44. The van der Waals surface area contributed by atoms with E-state index in [4.69, 9.17) is 10.0 Å². The third-order valence-electron chi connectivity index (χ3n) is 2.62. The van der Waals surface area contributed by atoms with Gasteiger partial charge in [-0.05, 0) is 19.1 Å². The van der Waals surface area contributed by atoms with Crippen molar-refractivity contribution in [1.29, 1.82) is 0 Å². The lowest BCUT2D eigenvalue weighted by molar-refractivity contribution is -0.140. The van der Waals surface area contributed by atoms with E-state index in [0.717, 1.165) is 6.07 Å². The van der Waals surface area contributed by atoms with Crippen LogP contribution in [0.1, 0.15) is 12.6 Å². The predicted octanol–water partition coefficient (Wildman–Crippen LogP) is 0.706. The van der Waals surface area contributed by atoms with Gasteiger partial charge in [-0.1, -0.05) is 0 Å². The standard InChI is InChI=1S/C10H10BF3N2O2/c1-2-16-5-6(11(17)18)3-7-8(16)4-9(15-7)10(12,13)14/h3-5,17-18H,2H2,1H3. The highest BCUT2D eigenvalue weighted by Gasteiger charge is 2.35. The Morgan fingerprint density at radius 2 is 2.00 bits per heavy atom. The summed E-state index contributed by atoms with van der Waals surface area (Å²) in [6.07, 6.45) is -3.11. The topological polar surface area (TPSA) is 58.3 Å². The van der Waals surface area contributed by atoms with Gasteiger partial charge in [0.2, 0.25) is 0 Å². The fraction of sp³-hybridized carbons (Fsp3) is 0.300. The summed E-state index contributed by atoms with van der Waals surface area (Å²) < 4.78 is 39.1. The number of halogens is 3.